The second-order valence-electron chi connectivity index (χ2n) is 6.63. The first kappa shape index (κ1) is 18.2. The van der Waals surface area contributed by atoms with E-state index in [4.69, 9.17) is 4.42 Å². The SMILES string of the molecule is Cc1oc(-c2ccc(C(C)C)cc2)nc1CC(=O)NCCN(C)C. The Hall–Kier alpha value is -2.14. The summed E-state index contributed by atoms with van der Waals surface area (Å²) in [6, 6.07) is 8.21. The smallest absolute Gasteiger partial charge is 0.226 e. The molecular weight excluding hydrogens is 302 g/mol. The number of likely N-dealkylation sites (N-methyl/N-ethyl adjacent to an activating group) is 1. The lowest BCUT2D eigenvalue weighted by Gasteiger charge is -2.09. The van der Waals surface area contributed by atoms with Crippen molar-refractivity contribution in [1.82, 2.24) is 15.2 Å². The maximum atomic E-state index is 12.0. The first-order valence-electron chi connectivity index (χ1n) is 8.35. The average molecular weight is 329 g/mol. The molecule has 0 saturated carbocycles. The third-order valence-electron chi connectivity index (χ3n) is 3.93. The van der Waals surface area contributed by atoms with Crippen LogP contribution in [-0.2, 0) is 11.2 Å². The minimum absolute atomic E-state index is 0.0324. The number of amides is 1. The van der Waals surface area contributed by atoms with E-state index < -0.39 is 0 Å². The molecule has 5 heteroatoms. The summed E-state index contributed by atoms with van der Waals surface area (Å²) in [5.74, 6) is 1.72. The standard InChI is InChI=1S/C19H27N3O2/c1-13(2)15-6-8-16(9-7-15)19-21-17(14(3)24-19)12-18(23)20-10-11-22(4)5/h6-9,13H,10-12H2,1-5H3,(H,20,23). The van der Waals surface area contributed by atoms with Gasteiger partial charge in [-0.3, -0.25) is 4.79 Å². The van der Waals surface area contributed by atoms with Crippen LogP contribution in [-0.4, -0.2) is 43.0 Å². The van der Waals surface area contributed by atoms with Crippen molar-refractivity contribution in [2.24, 2.45) is 0 Å². The molecule has 0 radical (unpaired) electrons. The molecule has 1 N–H and O–H groups in total. The number of aryl methyl sites for hydroxylation is 1. The second-order valence-corrected chi connectivity index (χ2v) is 6.63. The molecule has 0 bridgehead atoms. The number of hydrogen-bond acceptors (Lipinski definition) is 4. The topological polar surface area (TPSA) is 58.4 Å². The van der Waals surface area contributed by atoms with E-state index in [1.165, 1.54) is 5.56 Å². The molecule has 5 nitrogen and oxygen atoms in total. The van der Waals surface area contributed by atoms with Crippen molar-refractivity contribution in [3.63, 3.8) is 0 Å². The molecule has 1 aromatic heterocycles. The number of oxazole rings is 1. The van der Waals surface area contributed by atoms with Crippen LogP contribution in [0, 0.1) is 6.92 Å². The lowest BCUT2D eigenvalue weighted by molar-refractivity contribution is -0.120. The highest BCUT2D eigenvalue weighted by atomic mass is 16.4. The van der Waals surface area contributed by atoms with Gasteiger partial charge >= 0.3 is 0 Å². The molecule has 0 aliphatic heterocycles. The normalized spacial score (nSPS) is 11.3. The summed E-state index contributed by atoms with van der Waals surface area (Å²) in [5, 5.41) is 2.90. The predicted octanol–water partition coefficient (Wildman–Crippen LogP) is 2.99. The van der Waals surface area contributed by atoms with E-state index in [9.17, 15) is 4.79 Å². The molecule has 130 valence electrons. The molecule has 1 amide bonds. The minimum Gasteiger partial charge on any atom is -0.441 e. The maximum absolute atomic E-state index is 12.0. The van der Waals surface area contributed by atoms with Crippen molar-refractivity contribution in [3.05, 3.63) is 41.3 Å². The van der Waals surface area contributed by atoms with Gasteiger partial charge in [-0.2, -0.15) is 0 Å². The fourth-order valence-electron chi connectivity index (χ4n) is 2.36. The number of benzene rings is 1. The molecule has 1 aromatic carbocycles. The van der Waals surface area contributed by atoms with Crippen molar-refractivity contribution < 1.29 is 9.21 Å². The lowest BCUT2D eigenvalue weighted by Crippen LogP contribution is -2.32. The third kappa shape index (κ3) is 4.93. The van der Waals surface area contributed by atoms with Crippen LogP contribution in [0.5, 0.6) is 0 Å². The van der Waals surface area contributed by atoms with Crippen LogP contribution < -0.4 is 5.32 Å². The van der Waals surface area contributed by atoms with E-state index in [2.05, 4.69) is 36.3 Å². The minimum atomic E-state index is -0.0324. The van der Waals surface area contributed by atoms with Gasteiger partial charge in [0.1, 0.15) is 5.76 Å². The highest BCUT2D eigenvalue weighted by Gasteiger charge is 2.14. The summed E-state index contributed by atoms with van der Waals surface area (Å²) in [6.45, 7) is 7.62. The Morgan fingerprint density at radius 2 is 1.92 bits per heavy atom. The van der Waals surface area contributed by atoms with Gasteiger partial charge in [-0.25, -0.2) is 4.98 Å². The molecule has 0 aliphatic carbocycles. The van der Waals surface area contributed by atoms with Crippen LogP contribution in [0.25, 0.3) is 11.5 Å². The lowest BCUT2D eigenvalue weighted by atomic mass is 10.0. The van der Waals surface area contributed by atoms with Crippen LogP contribution in [0.4, 0.5) is 0 Å². The fraction of sp³-hybridized carbons (Fsp3) is 0.474. The largest absolute Gasteiger partial charge is 0.441 e. The zero-order valence-electron chi connectivity index (χ0n) is 15.2. The highest BCUT2D eigenvalue weighted by Crippen LogP contribution is 2.24. The van der Waals surface area contributed by atoms with Crippen molar-refractivity contribution in [3.8, 4) is 11.5 Å². The number of carbonyl (C=O) groups excluding carboxylic acids is 1. The molecule has 0 fully saturated rings. The Kier molecular flexibility index (Phi) is 6.15. The van der Waals surface area contributed by atoms with E-state index in [-0.39, 0.29) is 12.3 Å². The van der Waals surface area contributed by atoms with Crippen LogP contribution in [0.15, 0.2) is 28.7 Å². The zero-order valence-corrected chi connectivity index (χ0v) is 15.2. The first-order chi connectivity index (χ1) is 11.4. The van der Waals surface area contributed by atoms with Gasteiger partial charge in [0.05, 0.1) is 12.1 Å². The molecular formula is C19H27N3O2. The molecule has 0 unspecified atom stereocenters. The number of nitrogens with one attached hydrogen (secondary N) is 1. The van der Waals surface area contributed by atoms with Gasteiger partial charge in [-0.1, -0.05) is 26.0 Å². The molecule has 2 aromatic rings. The summed E-state index contributed by atoms with van der Waals surface area (Å²) in [5.41, 5.74) is 2.91. The maximum Gasteiger partial charge on any atom is 0.226 e. The Morgan fingerprint density at radius 3 is 2.50 bits per heavy atom. The Labute approximate surface area is 144 Å². The molecule has 0 atom stereocenters. The number of hydrogen-bond donors (Lipinski definition) is 1. The van der Waals surface area contributed by atoms with Crippen LogP contribution in [0.3, 0.4) is 0 Å². The average Bonchev–Trinajstić information content (AvgIpc) is 2.88. The third-order valence-corrected chi connectivity index (χ3v) is 3.93. The summed E-state index contributed by atoms with van der Waals surface area (Å²) >= 11 is 0. The van der Waals surface area contributed by atoms with Crippen molar-refractivity contribution in [1.29, 1.82) is 0 Å². The van der Waals surface area contributed by atoms with Gasteiger partial charge < -0.3 is 14.6 Å². The number of rotatable bonds is 7. The van der Waals surface area contributed by atoms with E-state index in [0.29, 0.717) is 29.8 Å². The molecule has 0 spiro atoms. The van der Waals surface area contributed by atoms with Crippen LogP contribution >= 0.6 is 0 Å². The molecule has 1 heterocycles. The van der Waals surface area contributed by atoms with Gasteiger partial charge in [-0.05, 0) is 44.6 Å². The van der Waals surface area contributed by atoms with Gasteiger partial charge in [-0.15, -0.1) is 0 Å². The van der Waals surface area contributed by atoms with Gasteiger partial charge in [0.25, 0.3) is 0 Å². The fourth-order valence-corrected chi connectivity index (χ4v) is 2.36. The quantitative estimate of drug-likeness (QED) is 0.848. The highest BCUT2D eigenvalue weighted by molar-refractivity contribution is 5.78. The summed E-state index contributed by atoms with van der Waals surface area (Å²) in [6.07, 6.45) is 0.243. The Morgan fingerprint density at radius 1 is 1.25 bits per heavy atom. The Balaban J connectivity index is 2.03. The van der Waals surface area contributed by atoms with E-state index in [1.807, 2.05) is 38.1 Å². The Bertz CT molecular complexity index is 672. The number of aromatic nitrogens is 1. The van der Waals surface area contributed by atoms with Crippen LogP contribution in [0.1, 0.15) is 36.8 Å². The molecule has 2 rings (SSSR count). The predicted molar refractivity (Wildman–Crippen MR) is 96.0 cm³/mol. The monoisotopic (exact) mass is 329 g/mol. The molecule has 24 heavy (non-hydrogen) atoms. The van der Waals surface area contributed by atoms with Gasteiger partial charge in [0.15, 0.2) is 0 Å². The first-order valence-corrected chi connectivity index (χ1v) is 8.35. The molecule has 0 aliphatic rings. The van der Waals surface area contributed by atoms with Gasteiger partial charge in [0.2, 0.25) is 11.8 Å². The zero-order chi connectivity index (χ0) is 17.7. The summed E-state index contributed by atoms with van der Waals surface area (Å²) in [4.78, 5) is 18.5. The summed E-state index contributed by atoms with van der Waals surface area (Å²) < 4.78 is 5.75. The van der Waals surface area contributed by atoms with Crippen molar-refractivity contribution in [2.75, 3.05) is 27.2 Å². The molecule has 0 saturated heterocycles. The van der Waals surface area contributed by atoms with Crippen molar-refractivity contribution in [2.45, 2.75) is 33.1 Å². The van der Waals surface area contributed by atoms with Crippen molar-refractivity contribution >= 4 is 5.91 Å². The van der Waals surface area contributed by atoms with E-state index in [0.717, 1.165) is 12.1 Å². The van der Waals surface area contributed by atoms with E-state index in [1.54, 1.807) is 0 Å². The second kappa shape index (κ2) is 8.11. The number of carbonyl (C=O) groups is 1. The van der Waals surface area contributed by atoms with E-state index >= 15 is 0 Å². The van der Waals surface area contributed by atoms with Crippen LogP contribution in [0.2, 0.25) is 0 Å². The number of nitrogens with zero attached hydrogens (tertiary/aromatic N) is 2. The summed E-state index contributed by atoms with van der Waals surface area (Å²) in [7, 11) is 3.95. The van der Waals surface area contributed by atoms with Gasteiger partial charge in [0, 0.05) is 18.7 Å².